The molecule has 12 nitrogen and oxygen atoms in total. The van der Waals surface area contributed by atoms with E-state index in [9.17, 15) is 19.8 Å². The van der Waals surface area contributed by atoms with Gasteiger partial charge in [-0.05, 0) is 42.5 Å². The van der Waals surface area contributed by atoms with Gasteiger partial charge in [0.15, 0.2) is 0 Å². The van der Waals surface area contributed by atoms with Gasteiger partial charge in [0.05, 0.1) is 36.9 Å². The van der Waals surface area contributed by atoms with Gasteiger partial charge >= 0.3 is 0 Å². The maximum Gasteiger partial charge on any atom is 0.251 e. The number of carbonyl (C=O) groups excluding carboxylic acids is 2. The van der Waals surface area contributed by atoms with Crippen molar-refractivity contribution in [1.82, 2.24) is 40.6 Å². The van der Waals surface area contributed by atoms with E-state index in [2.05, 4.69) is 31.3 Å². The van der Waals surface area contributed by atoms with Gasteiger partial charge in [0.1, 0.15) is 22.9 Å². The molecule has 0 unspecified atom stereocenters. The first kappa shape index (κ1) is 24.2. The molecule has 0 aliphatic rings. The molecule has 2 heterocycles. The van der Waals surface area contributed by atoms with Gasteiger partial charge in [0, 0.05) is 23.3 Å². The van der Waals surface area contributed by atoms with Gasteiger partial charge in [-0.1, -0.05) is 28.6 Å². The average molecular weight is 511 g/mol. The number of benzene rings is 3. The van der Waals surface area contributed by atoms with Crippen LogP contribution in [0, 0.1) is 0 Å². The molecule has 0 saturated heterocycles. The predicted molar refractivity (Wildman–Crippen MR) is 135 cm³/mol. The fourth-order valence-electron chi connectivity index (χ4n) is 3.63. The second kappa shape index (κ2) is 10.6. The van der Waals surface area contributed by atoms with E-state index in [0.29, 0.717) is 33.9 Å². The molecule has 5 aromatic rings. The summed E-state index contributed by atoms with van der Waals surface area (Å²) in [6.45, 7) is 0.256. The number of carbonyl (C=O) groups is 2. The van der Waals surface area contributed by atoms with Crippen LogP contribution in [-0.4, -0.2) is 52.0 Å². The van der Waals surface area contributed by atoms with Crippen molar-refractivity contribution in [3.8, 4) is 22.9 Å². The SMILES string of the molecule is O=C(NCc1cn(-c2cccc(O)c2)nn1)c1cccc(C(=O)NCc2cn(-c3cccc(O)c3)nn2)c1. The van der Waals surface area contributed by atoms with Gasteiger partial charge in [0.25, 0.3) is 11.8 Å². The Hall–Kier alpha value is -5.52. The lowest BCUT2D eigenvalue weighted by Crippen LogP contribution is -2.25. The van der Waals surface area contributed by atoms with Crippen LogP contribution in [0.5, 0.6) is 11.5 Å². The van der Waals surface area contributed by atoms with Crippen LogP contribution in [0.25, 0.3) is 11.4 Å². The third kappa shape index (κ3) is 5.65. The van der Waals surface area contributed by atoms with Crippen molar-refractivity contribution < 1.29 is 19.8 Å². The van der Waals surface area contributed by atoms with Gasteiger partial charge in [0.2, 0.25) is 0 Å². The third-order valence-electron chi connectivity index (χ3n) is 5.52. The van der Waals surface area contributed by atoms with Crippen LogP contribution in [-0.2, 0) is 13.1 Å². The molecule has 0 atom stereocenters. The molecule has 0 radical (unpaired) electrons. The maximum atomic E-state index is 12.7. The number of aromatic hydroxyl groups is 2. The van der Waals surface area contributed by atoms with Gasteiger partial charge < -0.3 is 20.8 Å². The zero-order valence-electron chi connectivity index (χ0n) is 19.9. The minimum atomic E-state index is -0.374. The highest BCUT2D eigenvalue weighted by Crippen LogP contribution is 2.15. The Bertz CT molecular complexity index is 1500. The van der Waals surface area contributed by atoms with Crippen LogP contribution in [0.15, 0.2) is 85.2 Å². The fraction of sp³-hybridized carbons (Fsp3) is 0.0769. The Labute approximate surface area is 216 Å². The predicted octanol–water partition coefficient (Wildman–Crippen LogP) is 2.12. The molecule has 0 aliphatic carbocycles. The van der Waals surface area contributed by atoms with Crippen molar-refractivity contribution >= 4 is 11.8 Å². The Kier molecular flexibility index (Phi) is 6.76. The molecule has 2 amide bonds. The second-order valence-corrected chi connectivity index (χ2v) is 8.29. The van der Waals surface area contributed by atoms with Crippen LogP contribution >= 0.6 is 0 Å². The number of rotatable bonds is 8. The smallest absolute Gasteiger partial charge is 0.251 e. The first-order valence-corrected chi connectivity index (χ1v) is 11.5. The van der Waals surface area contributed by atoms with Crippen molar-refractivity contribution in [1.29, 1.82) is 0 Å². The quantitative estimate of drug-likeness (QED) is 0.247. The van der Waals surface area contributed by atoms with Crippen molar-refractivity contribution in [3.05, 3.63) is 108 Å². The molecule has 2 aromatic heterocycles. The van der Waals surface area contributed by atoms with Crippen molar-refractivity contribution in [2.24, 2.45) is 0 Å². The summed E-state index contributed by atoms with van der Waals surface area (Å²) < 4.78 is 2.99. The molecule has 0 fully saturated rings. The highest BCUT2D eigenvalue weighted by molar-refractivity contribution is 5.99. The highest BCUT2D eigenvalue weighted by Gasteiger charge is 2.13. The van der Waals surface area contributed by atoms with Crippen LogP contribution in [0.3, 0.4) is 0 Å². The minimum absolute atomic E-state index is 0.108. The van der Waals surface area contributed by atoms with Crippen molar-refractivity contribution in [3.63, 3.8) is 0 Å². The molecule has 0 spiro atoms. The zero-order chi connectivity index (χ0) is 26.5. The number of nitrogens with zero attached hydrogens (tertiary/aromatic N) is 6. The number of phenolic OH excluding ortho intramolecular Hbond substituents is 2. The third-order valence-corrected chi connectivity index (χ3v) is 5.52. The van der Waals surface area contributed by atoms with E-state index >= 15 is 0 Å². The van der Waals surface area contributed by atoms with Crippen molar-refractivity contribution in [2.45, 2.75) is 13.1 Å². The van der Waals surface area contributed by atoms with E-state index in [1.165, 1.54) is 15.4 Å². The Morgan fingerprint density at radius 1 is 0.658 bits per heavy atom. The van der Waals surface area contributed by atoms with Gasteiger partial charge in [-0.2, -0.15) is 0 Å². The molecule has 4 N–H and O–H groups in total. The molecule has 5 rings (SSSR count). The van der Waals surface area contributed by atoms with Gasteiger partial charge in [-0.3, -0.25) is 9.59 Å². The van der Waals surface area contributed by atoms with E-state index in [4.69, 9.17) is 0 Å². The Morgan fingerprint density at radius 2 is 1.11 bits per heavy atom. The average Bonchev–Trinajstić information content (AvgIpc) is 3.61. The number of amides is 2. The normalized spacial score (nSPS) is 10.7. The summed E-state index contributed by atoms with van der Waals surface area (Å²) in [6.07, 6.45) is 3.30. The lowest BCUT2D eigenvalue weighted by molar-refractivity contribution is 0.0950. The topological polar surface area (TPSA) is 160 Å². The van der Waals surface area contributed by atoms with E-state index in [-0.39, 0.29) is 36.4 Å². The monoisotopic (exact) mass is 510 g/mol. The van der Waals surface area contributed by atoms with Crippen LogP contribution < -0.4 is 10.6 Å². The minimum Gasteiger partial charge on any atom is -0.508 e. The summed E-state index contributed by atoms with van der Waals surface area (Å²) >= 11 is 0. The molecule has 38 heavy (non-hydrogen) atoms. The van der Waals surface area contributed by atoms with Gasteiger partial charge in [-0.15, -0.1) is 10.2 Å². The lowest BCUT2D eigenvalue weighted by Gasteiger charge is -2.07. The van der Waals surface area contributed by atoms with Gasteiger partial charge in [-0.25, -0.2) is 9.36 Å². The standard InChI is InChI=1S/C26H22N8O4/c35-23-8-2-6-21(11-23)33-15-19(29-31-33)13-27-25(37)17-4-1-5-18(10-17)26(38)28-14-20-16-34(32-30-20)22-7-3-9-24(36)12-22/h1-12,15-16,35-36H,13-14H2,(H,27,37)(H,28,38). The number of hydrogen-bond donors (Lipinski definition) is 4. The van der Waals surface area contributed by atoms with E-state index in [0.717, 1.165) is 0 Å². The first-order chi connectivity index (χ1) is 18.4. The summed E-state index contributed by atoms with van der Waals surface area (Å²) in [5, 5.41) is 40.9. The number of hydrogen-bond acceptors (Lipinski definition) is 8. The molecular weight excluding hydrogens is 488 g/mol. The largest absolute Gasteiger partial charge is 0.508 e. The summed E-state index contributed by atoms with van der Waals surface area (Å²) in [5.74, 6) is -0.533. The van der Waals surface area contributed by atoms with E-state index < -0.39 is 0 Å². The molecular formula is C26H22N8O4. The summed E-state index contributed by atoms with van der Waals surface area (Å²) in [4.78, 5) is 25.4. The highest BCUT2D eigenvalue weighted by atomic mass is 16.3. The molecule has 3 aromatic carbocycles. The maximum absolute atomic E-state index is 12.7. The van der Waals surface area contributed by atoms with E-state index in [1.54, 1.807) is 79.1 Å². The summed E-state index contributed by atoms with van der Waals surface area (Å²) in [7, 11) is 0. The van der Waals surface area contributed by atoms with Crippen LogP contribution in [0.1, 0.15) is 32.1 Å². The lowest BCUT2D eigenvalue weighted by atomic mass is 10.1. The number of nitrogens with one attached hydrogen (secondary N) is 2. The summed E-state index contributed by atoms with van der Waals surface area (Å²) in [6, 6.07) is 19.5. The Balaban J connectivity index is 1.17. The van der Waals surface area contributed by atoms with Crippen LogP contribution in [0.4, 0.5) is 0 Å². The molecule has 0 bridgehead atoms. The summed E-state index contributed by atoms with van der Waals surface area (Å²) in [5.41, 5.74) is 2.94. The molecule has 0 saturated carbocycles. The first-order valence-electron chi connectivity index (χ1n) is 11.5. The molecule has 0 aliphatic heterocycles. The second-order valence-electron chi connectivity index (χ2n) is 8.29. The zero-order valence-corrected chi connectivity index (χ0v) is 19.9. The fourth-order valence-corrected chi connectivity index (χ4v) is 3.63. The molecule has 190 valence electrons. The number of phenols is 2. The van der Waals surface area contributed by atoms with Crippen molar-refractivity contribution in [2.75, 3.05) is 0 Å². The van der Waals surface area contributed by atoms with E-state index in [1.807, 2.05) is 0 Å². The number of aromatic nitrogens is 6. The molecule has 12 heteroatoms. The Morgan fingerprint density at radius 3 is 1.55 bits per heavy atom. The van der Waals surface area contributed by atoms with Crippen LogP contribution in [0.2, 0.25) is 0 Å².